The highest BCUT2D eigenvalue weighted by Crippen LogP contribution is 2.34. The van der Waals surface area contributed by atoms with Crippen LogP contribution in [0.2, 0.25) is 0 Å². The smallest absolute Gasteiger partial charge is 0.335 e. The lowest BCUT2D eigenvalue weighted by Crippen LogP contribution is -2.01. The standard InChI is InChI=1S/C13H11N3O4S/c17-12(18)7-4-5-10(16(19)20)9(6-7)15-13-14-8-2-1-3-11(8)21-13/h4-6H,1-3H2,(H,14,15)(H,17,18). The van der Waals surface area contributed by atoms with Gasteiger partial charge in [0, 0.05) is 10.9 Å². The molecule has 1 aromatic carbocycles. The van der Waals surface area contributed by atoms with Crippen LogP contribution in [0.15, 0.2) is 18.2 Å². The molecule has 108 valence electrons. The molecule has 7 nitrogen and oxygen atoms in total. The molecular weight excluding hydrogens is 294 g/mol. The summed E-state index contributed by atoms with van der Waals surface area (Å²) in [7, 11) is 0. The quantitative estimate of drug-likeness (QED) is 0.664. The van der Waals surface area contributed by atoms with E-state index in [1.807, 2.05) is 0 Å². The second kappa shape index (κ2) is 5.13. The number of hydrogen-bond donors (Lipinski definition) is 2. The van der Waals surface area contributed by atoms with Crippen LogP contribution < -0.4 is 5.32 Å². The van der Waals surface area contributed by atoms with Crippen molar-refractivity contribution in [2.45, 2.75) is 19.3 Å². The molecule has 0 bridgehead atoms. The van der Waals surface area contributed by atoms with Crippen molar-refractivity contribution in [2.24, 2.45) is 0 Å². The molecule has 8 heteroatoms. The topological polar surface area (TPSA) is 105 Å². The molecule has 0 saturated heterocycles. The number of aryl methyl sites for hydroxylation is 2. The summed E-state index contributed by atoms with van der Waals surface area (Å²) in [5.74, 6) is -1.13. The van der Waals surface area contributed by atoms with Crippen LogP contribution in [0.25, 0.3) is 0 Å². The lowest BCUT2D eigenvalue weighted by Gasteiger charge is -2.05. The minimum Gasteiger partial charge on any atom is -0.478 e. The van der Waals surface area contributed by atoms with Gasteiger partial charge in [0.2, 0.25) is 0 Å². The van der Waals surface area contributed by atoms with Crippen molar-refractivity contribution in [3.63, 3.8) is 0 Å². The lowest BCUT2D eigenvalue weighted by atomic mass is 10.2. The molecule has 0 saturated carbocycles. The van der Waals surface area contributed by atoms with Crippen molar-refractivity contribution in [3.05, 3.63) is 44.4 Å². The number of nitro groups is 1. The number of nitro benzene ring substituents is 1. The van der Waals surface area contributed by atoms with Gasteiger partial charge in [-0.2, -0.15) is 0 Å². The number of nitrogens with one attached hydrogen (secondary N) is 1. The van der Waals surface area contributed by atoms with Gasteiger partial charge in [-0.25, -0.2) is 9.78 Å². The molecule has 21 heavy (non-hydrogen) atoms. The van der Waals surface area contributed by atoms with Crippen LogP contribution >= 0.6 is 11.3 Å². The molecule has 2 aromatic rings. The van der Waals surface area contributed by atoms with Crippen molar-refractivity contribution < 1.29 is 14.8 Å². The van der Waals surface area contributed by atoms with Crippen LogP contribution in [-0.4, -0.2) is 21.0 Å². The summed E-state index contributed by atoms with van der Waals surface area (Å²) in [6, 6.07) is 3.66. The fourth-order valence-corrected chi connectivity index (χ4v) is 3.35. The van der Waals surface area contributed by atoms with Gasteiger partial charge in [0.15, 0.2) is 5.13 Å². The van der Waals surface area contributed by atoms with Gasteiger partial charge in [0.05, 0.1) is 16.2 Å². The second-order valence-corrected chi connectivity index (χ2v) is 5.75. The summed E-state index contributed by atoms with van der Waals surface area (Å²) in [5, 5.41) is 23.5. The molecule has 1 aromatic heterocycles. The Hall–Kier alpha value is -2.48. The largest absolute Gasteiger partial charge is 0.478 e. The Morgan fingerprint density at radius 2 is 2.24 bits per heavy atom. The number of fused-ring (bicyclic) bond motifs is 1. The van der Waals surface area contributed by atoms with Crippen LogP contribution in [0.3, 0.4) is 0 Å². The highest BCUT2D eigenvalue weighted by atomic mass is 32.1. The van der Waals surface area contributed by atoms with Crippen LogP contribution in [-0.2, 0) is 12.8 Å². The number of carboxylic acids is 1. The van der Waals surface area contributed by atoms with Gasteiger partial charge in [0.25, 0.3) is 5.69 Å². The fourth-order valence-electron chi connectivity index (χ4n) is 2.29. The molecule has 0 atom stereocenters. The number of aromatic nitrogens is 1. The summed E-state index contributed by atoms with van der Waals surface area (Å²) in [6.07, 6.45) is 2.99. The van der Waals surface area contributed by atoms with Gasteiger partial charge in [-0.05, 0) is 31.4 Å². The van der Waals surface area contributed by atoms with Gasteiger partial charge >= 0.3 is 5.97 Å². The highest BCUT2D eigenvalue weighted by Gasteiger charge is 2.20. The monoisotopic (exact) mass is 305 g/mol. The Balaban J connectivity index is 1.96. The Kier molecular flexibility index (Phi) is 3.30. The summed E-state index contributed by atoms with van der Waals surface area (Å²) in [5.41, 5.74) is 0.995. The molecule has 0 spiro atoms. The van der Waals surface area contributed by atoms with Gasteiger partial charge in [-0.1, -0.05) is 0 Å². The first-order valence-electron chi connectivity index (χ1n) is 6.32. The average Bonchev–Trinajstić information content (AvgIpc) is 2.99. The van der Waals surface area contributed by atoms with E-state index in [0.29, 0.717) is 5.13 Å². The zero-order valence-electron chi connectivity index (χ0n) is 10.8. The maximum absolute atomic E-state index is 11.0. The van der Waals surface area contributed by atoms with Crippen LogP contribution in [0.4, 0.5) is 16.5 Å². The second-order valence-electron chi connectivity index (χ2n) is 4.66. The first-order valence-corrected chi connectivity index (χ1v) is 7.13. The fraction of sp³-hybridized carbons (Fsp3) is 0.231. The van der Waals surface area contributed by atoms with Gasteiger partial charge < -0.3 is 10.4 Å². The predicted molar refractivity (Wildman–Crippen MR) is 77.5 cm³/mol. The maximum atomic E-state index is 11.0. The number of thiazole rings is 1. The van der Waals surface area contributed by atoms with E-state index in [1.165, 1.54) is 34.4 Å². The molecule has 0 amide bonds. The van der Waals surface area contributed by atoms with Crippen molar-refractivity contribution in [3.8, 4) is 0 Å². The number of anilines is 2. The minimum atomic E-state index is -1.13. The third kappa shape index (κ3) is 2.57. The van der Waals surface area contributed by atoms with Crippen molar-refractivity contribution in [1.29, 1.82) is 0 Å². The Morgan fingerprint density at radius 3 is 2.90 bits per heavy atom. The number of carbonyl (C=O) groups is 1. The van der Waals surface area contributed by atoms with E-state index in [0.717, 1.165) is 25.0 Å². The molecule has 0 unspecified atom stereocenters. The molecule has 0 radical (unpaired) electrons. The van der Waals surface area contributed by atoms with E-state index in [1.54, 1.807) is 0 Å². The number of nitrogens with zero attached hydrogens (tertiary/aromatic N) is 2. The SMILES string of the molecule is O=C(O)c1ccc([N+](=O)[O-])c(Nc2nc3c(s2)CCC3)c1. The molecular formula is C13H11N3O4S. The molecule has 0 fully saturated rings. The molecule has 2 N–H and O–H groups in total. The van der Waals surface area contributed by atoms with Crippen molar-refractivity contribution in [2.75, 3.05) is 5.32 Å². The van der Waals surface area contributed by atoms with Gasteiger partial charge in [0.1, 0.15) is 5.69 Å². The first-order chi connectivity index (χ1) is 10.0. The van der Waals surface area contributed by atoms with E-state index in [2.05, 4.69) is 10.3 Å². The number of hydrogen-bond acceptors (Lipinski definition) is 6. The Bertz CT molecular complexity index is 720. The van der Waals surface area contributed by atoms with E-state index >= 15 is 0 Å². The summed E-state index contributed by atoms with van der Waals surface area (Å²) < 4.78 is 0. The molecule has 3 rings (SSSR count). The Labute approximate surface area is 123 Å². The van der Waals surface area contributed by atoms with Gasteiger partial charge in [-0.3, -0.25) is 10.1 Å². The molecule has 1 aliphatic carbocycles. The van der Waals surface area contributed by atoms with Gasteiger partial charge in [-0.15, -0.1) is 11.3 Å². The van der Waals surface area contributed by atoms with Crippen molar-refractivity contribution >= 4 is 33.8 Å². The lowest BCUT2D eigenvalue weighted by molar-refractivity contribution is -0.383. The zero-order valence-corrected chi connectivity index (χ0v) is 11.6. The third-order valence-corrected chi connectivity index (χ3v) is 4.35. The molecule has 0 aliphatic heterocycles. The molecule has 1 heterocycles. The zero-order chi connectivity index (χ0) is 15.0. The van der Waals surface area contributed by atoms with Crippen LogP contribution in [0.5, 0.6) is 0 Å². The number of benzene rings is 1. The highest BCUT2D eigenvalue weighted by molar-refractivity contribution is 7.15. The maximum Gasteiger partial charge on any atom is 0.335 e. The number of carboxylic acid groups (broad SMARTS) is 1. The van der Waals surface area contributed by atoms with E-state index in [9.17, 15) is 14.9 Å². The van der Waals surface area contributed by atoms with E-state index in [-0.39, 0.29) is 16.9 Å². The third-order valence-electron chi connectivity index (χ3n) is 3.28. The summed E-state index contributed by atoms with van der Waals surface area (Å²) >= 11 is 1.46. The Morgan fingerprint density at radius 1 is 1.43 bits per heavy atom. The predicted octanol–water partition coefficient (Wildman–Crippen LogP) is 2.98. The molecule has 1 aliphatic rings. The minimum absolute atomic E-state index is 0.00722. The number of aromatic carboxylic acids is 1. The van der Waals surface area contributed by atoms with E-state index in [4.69, 9.17) is 5.11 Å². The normalized spacial score (nSPS) is 13.0. The average molecular weight is 305 g/mol. The van der Waals surface area contributed by atoms with Crippen LogP contribution in [0, 0.1) is 10.1 Å². The first kappa shape index (κ1) is 13.5. The van der Waals surface area contributed by atoms with E-state index < -0.39 is 10.9 Å². The van der Waals surface area contributed by atoms with Crippen molar-refractivity contribution in [1.82, 2.24) is 4.98 Å². The number of rotatable bonds is 4. The summed E-state index contributed by atoms with van der Waals surface area (Å²) in [4.78, 5) is 27.1. The van der Waals surface area contributed by atoms with Crippen LogP contribution in [0.1, 0.15) is 27.3 Å². The summed E-state index contributed by atoms with van der Waals surface area (Å²) in [6.45, 7) is 0.